The van der Waals surface area contributed by atoms with Crippen molar-refractivity contribution in [3.05, 3.63) is 17.5 Å². The molecule has 0 amide bonds. The second-order valence-electron chi connectivity index (χ2n) is 2.66. The number of aromatic nitrogens is 2. The molecule has 1 aromatic rings. The fourth-order valence-corrected chi connectivity index (χ4v) is 1.18. The van der Waals surface area contributed by atoms with Crippen molar-refractivity contribution in [1.29, 1.82) is 0 Å². The van der Waals surface area contributed by atoms with E-state index in [1.807, 2.05) is 6.20 Å². The molecular weight excluding hydrogens is 138 g/mol. The van der Waals surface area contributed by atoms with Gasteiger partial charge < -0.3 is 5.73 Å². The molecule has 1 rings (SSSR count). The third-order valence-electron chi connectivity index (χ3n) is 1.72. The molecule has 0 atom stereocenters. The highest BCUT2D eigenvalue weighted by molar-refractivity contribution is 5.16. The SMILES string of the molecule is CCCc1[nH]ncc1CCN. The topological polar surface area (TPSA) is 54.7 Å². The van der Waals surface area contributed by atoms with E-state index in [-0.39, 0.29) is 0 Å². The lowest BCUT2D eigenvalue weighted by Crippen LogP contribution is -2.03. The van der Waals surface area contributed by atoms with E-state index in [9.17, 15) is 0 Å². The Bertz CT molecular complexity index is 184. The summed E-state index contributed by atoms with van der Waals surface area (Å²) in [4.78, 5) is 0. The van der Waals surface area contributed by atoms with Crippen LogP contribution >= 0.6 is 0 Å². The van der Waals surface area contributed by atoms with Crippen LogP contribution in [-0.2, 0) is 12.8 Å². The summed E-state index contributed by atoms with van der Waals surface area (Å²) in [6, 6.07) is 0. The van der Waals surface area contributed by atoms with E-state index in [4.69, 9.17) is 5.73 Å². The summed E-state index contributed by atoms with van der Waals surface area (Å²) in [6.07, 6.45) is 5.04. The van der Waals surface area contributed by atoms with Gasteiger partial charge in [-0.25, -0.2) is 0 Å². The van der Waals surface area contributed by atoms with Gasteiger partial charge in [0.05, 0.1) is 6.20 Å². The Balaban J connectivity index is 2.62. The Morgan fingerprint density at radius 2 is 2.36 bits per heavy atom. The first kappa shape index (κ1) is 8.27. The predicted octanol–water partition coefficient (Wildman–Crippen LogP) is 0.863. The smallest absolute Gasteiger partial charge is 0.0522 e. The number of hydrogen-bond donors (Lipinski definition) is 2. The molecule has 0 fully saturated rings. The van der Waals surface area contributed by atoms with Crippen LogP contribution in [0.1, 0.15) is 24.6 Å². The average molecular weight is 153 g/mol. The van der Waals surface area contributed by atoms with Gasteiger partial charge in [-0.15, -0.1) is 0 Å². The molecule has 0 saturated carbocycles. The van der Waals surface area contributed by atoms with Gasteiger partial charge in [0.2, 0.25) is 0 Å². The number of aromatic amines is 1. The number of rotatable bonds is 4. The maximum Gasteiger partial charge on any atom is 0.0522 e. The predicted molar refractivity (Wildman–Crippen MR) is 45.3 cm³/mol. The van der Waals surface area contributed by atoms with Crippen LogP contribution in [-0.4, -0.2) is 16.7 Å². The van der Waals surface area contributed by atoms with Gasteiger partial charge in [0.15, 0.2) is 0 Å². The highest BCUT2D eigenvalue weighted by atomic mass is 15.1. The number of H-pyrrole nitrogens is 1. The van der Waals surface area contributed by atoms with E-state index in [2.05, 4.69) is 17.1 Å². The Morgan fingerprint density at radius 3 is 3.00 bits per heavy atom. The van der Waals surface area contributed by atoms with Crippen molar-refractivity contribution < 1.29 is 0 Å². The Kier molecular flexibility index (Phi) is 3.11. The summed E-state index contributed by atoms with van der Waals surface area (Å²) in [6.45, 7) is 2.86. The third kappa shape index (κ3) is 2.05. The summed E-state index contributed by atoms with van der Waals surface area (Å²) in [5.41, 5.74) is 7.96. The molecule has 0 aliphatic heterocycles. The Hall–Kier alpha value is -0.830. The van der Waals surface area contributed by atoms with Gasteiger partial charge in [0.1, 0.15) is 0 Å². The summed E-state index contributed by atoms with van der Waals surface area (Å²) >= 11 is 0. The van der Waals surface area contributed by atoms with Crippen LogP contribution in [0.4, 0.5) is 0 Å². The van der Waals surface area contributed by atoms with Crippen LogP contribution in [0.2, 0.25) is 0 Å². The lowest BCUT2D eigenvalue weighted by Gasteiger charge is -1.97. The molecule has 3 nitrogen and oxygen atoms in total. The lowest BCUT2D eigenvalue weighted by molar-refractivity contribution is 0.845. The van der Waals surface area contributed by atoms with Gasteiger partial charge in [0.25, 0.3) is 0 Å². The van der Waals surface area contributed by atoms with Crippen molar-refractivity contribution >= 4 is 0 Å². The zero-order chi connectivity index (χ0) is 8.10. The molecule has 0 saturated heterocycles. The van der Waals surface area contributed by atoms with E-state index < -0.39 is 0 Å². The third-order valence-corrected chi connectivity index (χ3v) is 1.72. The van der Waals surface area contributed by atoms with Gasteiger partial charge in [-0.2, -0.15) is 5.10 Å². The van der Waals surface area contributed by atoms with Crippen molar-refractivity contribution in [2.24, 2.45) is 5.73 Å². The molecule has 0 bridgehead atoms. The van der Waals surface area contributed by atoms with Crippen LogP contribution < -0.4 is 5.73 Å². The fraction of sp³-hybridized carbons (Fsp3) is 0.625. The molecule has 0 aliphatic rings. The maximum absolute atomic E-state index is 5.44. The number of nitrogens with two attached hydrogens (primary N) is 1. The van der Waals surface area contributed by atoms with Crippen molar-refractivity contribution in [2.75, 3.05) is 6.54 Å². The van der Waals surface area contributed by atoms with Crippen LogP contribution in [0.15, 0.2) is 6.20 Å². The lowest BCUT2D eigenvalue weighted by atomic mass is 10.1. The van der Waals surface area contributed by atoms with Crippen LogP contribution in [0.25, 0.3) is 0 Å². The molecule has 3 N–H and O–H groups in total. The van der Waals surface area contributed by atoms with Crippen molar-refractivity contribution in [3.8, 4) is 0 Å². The van der Waals surface area contributed by atoms with E-state index in [1.165, 1.54) is 11.3 Å². The minimum absolute atomic E-state index is 0.705. The van der Waals surface area contributed by atoms with Gasteiger partial charge >= 0.3 is 0 Å². The minimum atomic E-state index is 0.705. The monoisotopic (exact) mass is 153 g/mol. The fourth-order valence-electron chi connectivity index (χ4n) is 1.18. The molecule has 3 heteroatoms. The van der Waals surface area contributed by atoms with Crippen LogP contribution in [0, 0.1) is 0 Å². The molecule has 1 heterocycles. The molecule has 0 aromatic carbocycles. The normalized spacial score (nSPS) is 10.4. The number of aryl methyl sites for hydroxylation is 1. The van der Waals surface area contributed by atoms with Crippen LogP contribution in [0.3, 0.4) is 0 Å². The van der Waals surface area contributed by atoms with Crippen molar-refractivity contribution in [3.63, 3.8) is 0 Å². The highest BCUT2D eigenvalue weighted by Gasteiger charge is 2.01. The first-order chi connectivity index (χ1) is 5.38. The zero-order valence-corrected chi connectivity index (χ0v) is 6.93. The van der Waals surface area contributed by atoms with Crippen molar-refractivity contribution in [1.82, 2.24) is 10.2 Å². The van der Waals surface area contributed by atoms with E-state index in [0.717, 1.165) is 19.3 Å². The van der Waals surface area contributed by atoms with Crippen LogP contribution in [0.5, 0.6) is 0 Å². The average Bonchev–Trinajstić information content (AvgIpc) is 2.39. The zero-order valence-electron chi connectivity index (χ0n) is 6.93. The van der Waals surface area contributed by atoms with Gasteiger partial charge in [0, 0.05) is 5.69 Å². The summed E-state index contributed by atoms with van der Waals surface area (Å²) in [7, 11) is 0. The standard InChI is InChI=1S/C8H15N3/c1-2-3-8-7(4-5-9)6-10-11-8/h6H,2-5,9H2,1H3,(H,10,11). The maximum atomic E-state index is 5.44. The molecule has 0 unspecified atom stereocenters. The molecule has 0 spiro atoms. The van der Waals surface area contributed by atoms with Crippen molar-refractivity contribution in [2.45, 2.75) is 26.2 Å². The van der Waals surface area contributed by atoms with Gasteiger partial charge in [-0.05, 0) is 24.9 Å². The first-order valence-electron chi connectivity index (χ1n) is 4.09. The molecular formula is C8H15N3. The largest absolute Gasteiger partial charge is 0.330 e. The Labute approximate surface area is 67.0 Å². The number of nitrogens with one attached hydrogen (secondary N) is 1. The number of hydrogen-bond acceptors (Lipinski definition) is 2. The molecule has 11 heavy (non-hydrogen) atoms. The number of nitrogens with zero attached hydrogens (tertiary/aromatic N) is 1. The van der Waals surface area contributed by atoms with E-state index in [0.29, 0.717) is 6.54 Å². The summed E-state index contributed by atoms with van der Waals surface area (Å²) in [5, 5.41) is 6.96. The minimum Gasteiger partial charge on any atom is -0.330 e. The molecule has 1 aromatic heterocycles. The van der Waals surface area contributed by atoms with Gasteiger partial charge in [-0.1, -0.05) is 13.3 Å². The Morgan fingerprint density at radius 1 is 1.55 bits per heavy atom. The first-order valence-corrected chi connectivity index (χ1v) is 4.09. The van der Waals surface area contributed by atoms with Gasteiger partial charge in [-0.3, -0.25) is 5.10 Å². The molecule has 62 valence electrons. The molecule has 0 aliphatic carbocycles. The quantitative estimate of drug-likeness (QED) is 0.674. The summed E-state index contributed by atoms with van der Waals surface area (Å²) < 4.78 is 0. The van der Waals surface area contributed by atoms with E-state index >= 15 is 0 Å². The summed E-state index contributed by atoms with van der Waals surface area (Å²) in [5.74, 6) is 0. The second-order valence-corrected chi connectivity index (χ2v) is 2.66. The van der Waals surface area contributed by atoms with E-state index in [1.54, 1.807) is 0 Å². The second kappa shape index (κ2) is 4.13. The molecule has 0 radical (unpaired) electrons. The highest BCUT2D eigenvalue weighted by Crippen LogP contribution is 2.06.